The molecule has 1 aromatic carbocycles. The van der Waals surface area contributed by atoms with Gasteiger partial charge in [0.15, 0.2) is 4.34 Å². The van der Waals surface area contributed by atoms with Gasteiger partial charge in [-0.25, -0.2) is 8.42 Å². The molecule has 1 N–H and O–H groups in total. The van der Waals surface area contributed by atoms with Crippen molar-refractivity contribution in [2.75, 3.05) is 35.3 Å². The molecule has 2 aromatic rings. The van der Waals surface area contributed by atoms with Crippen LogP contribution in [-0.4, -0.2) is 62.3 Å². The molecule has 0 bridgehead atoms. The summed E-state index contributed by atoms with van der Waals surface area (Å²) in [6.07, 6.45) is 1.03. The number of benzene rings is 1. The highest BCUT2D eigenvalue weighted by Crippen LogP contribution is 2.27. The number of anilines is 2. The van der Waals surface area contributed by atoms with E-state index in [1.807, 2.05) is 6.92 Å². The van der Waals surface area contributed by atoms with Crippen LogP contribution < -0.4 is 14.4 Å². The van der Waals surface area contributed by atoms with Gasteiger partial charge in [0.2, 0.25) is 21.1 Å². The molecule has 1 aromatic heterocycles. The first-order chi connectivity index (χ1) is 14.2. The predicted molar refractivity (Wildman–Crippen MR) is 116 cm³/mol. The first-order valence-corrected chi connectivity index (χ1v) is 12.4. The third kappa shape index (κ3) is 6.57. The number of carbonyl (C=O) groups excluding carboxylic acids is 2. The minimum absolute atomic E-state index is 0.0646. The number of thioether (sulfide) groups is 1. The molecule has 1 atom stereocenters. The van der Waals surface area contributed by atoms with Crippen molar-refractivity contribution in [3.8, 4) is 5.75 Å². The van der Waals surface area contributed by atoms with Crippen LogP contribution in [-0.2, 0) is 24.3 Å². The van der Waals surface area contributed by atoms with Crippen molar-refractivity contribution in [3.63, 3.8) is 0 Å². The van der Waals surface area contributed by atoms with Crippen LogP contribution in [0, 0.1) is 0 Å². The Labute approximate surface area is 183 Å². The fraction of sp³-hybridized carbons (Fsp3) is 0.412. The van der Waals surface area contributed by atoms with Gasteiger partial charge in [0.1, 0.15) is 11.8 Å². The van der Waals surface area contributed by atoms with E-state index in [2.05, 4.69) is 20.3 Å². The van der Waals surface area contributed by atoms with Crippen LogP contribution in [0.4, 0.5) is 10.8 Å². The molecule has 0 radical (unpaired) electrons. The van der Waals surface area contributed by atoms with E-state index in [0.717, 1.165) is 33.7 Å². The number of carbonyl (C=O) groups is 2. The topological polar surface area (TPSA) is 128 Å². The van der Waals surface area contributed by atoms with Crippen LogP contribution in [0.15, 0.2) is 28.6 Å². The Hall–Kier alpha value is -2.38. The molecule has 1 heterocycles. The number of nitrogens with one attached hydrogen (secondary N) is 1. The van der Waals surface area contributed by atoms with E-state index in [-0.39, 0.29) is 10.9 Å². The molecule has 30 heavy (non-hydrogen) atoms. The lowest BCUT2D eigenvalue weighted by molar-refractivity contribution is -0.137. The minimum atomic E-state index is -3.75. The molecule has 0 aliphatic heterocycles. The summed E-state index contributed by atoms with van der Waals surface area (Å²) in [4.78, 5) is 23.9. The Bertz CT molecular complexity index is 978. The van der Waals surface area contributed by atoms with Gasteiger partial charge in [-0.15, -0.1) is 10.2 Å². The quantitative estimate of drug-likeness (QED) is 0.312. The third-order valence-electron chi connectivity index (χ3n) is 3.67. The molecule has 0 saturated heterocycles. The van der Waals surface area contributed by atoms with Gasteiger partial charge in [-0.1, -0.05) is 23.1 Å². The zero-order valence-electron chi connectivity index (χ0n) is 16.8. The average Bonchev–Trinajstić information content (AvgIpc) is 3.14. The summed E-state index contributed by atoms with van der Waals surface area (Å²) in [6.45, 7) is 3.80. The van der Waals surface area contributed by atoms with Gasteiger partial charge < -0.3 is 9.47 Å². The molecule has 13 heteroatoms. The van der Waals surface area contributed by atoms with Gasteiger partial charge in [0, 0.05) is 0 Å². The molecule has 10 nitrogen and oxygen atoms in total. The smallest absolute Gasteiger partial charge is 0.316 e. The standard InChI is InChI=1S/C17H22N4O6S3/c1-5-27-13-8-6-12(7-9-13)21(30(4,24)25)11(2)15(23)18-16-19-20-17(29-16)28-10-14(22)26-3/h6-9,11H,5,10H2,1-4H3,(H,18,19,23)/t11-/m0/s1. The zero-order chi connectivity index (χ0) is 22.3. The van der Waals surface area contributed by atoms with Crippen molar-refractivity contribution < 1.29 is 27.5 Å². The SMILES string of the molecule is CCOc1ccc(N([C@@H](C)C(=O)Nc2nnc(SCC(=O)OC)s2)S(C)(=O)=O)cc1. The molecular weight excluding hydrogens is 452 g/mol. The molecule has 2 rings (SSSR count). The summed E-state index contributed by atoms with van der Waals surface area (Å²) >= 11 is 2.19. The number of hydrogen-bond acceptors (Lipinski definition) is 10. The second-order valence-corrected chi connectivity index (χ2v) is 9.95. The van der Waals surface area contributed by atoms with Crippen LogP contribution >= 0.6 is 23.1 Å². The van der Waals surface area contributed by atoms with Crippen molar-refractivity contribution in [1.29, 1.82) is 0 Å². The highest BCUT2D eigenvalue weighted by molar-refractivity contribution is 8.01. The Kier molecular flexibility index (Phi) is 8.43. The monoisotopic (exact) mass is 474 g/mol. The maximum atomic E-state index is 12.7. The number of nitrogens with zero attached hydrogens (tertiary/aromatic N) is 3. The maximum Gasteiger partial charge on any atom is 0.316 e. The molecule has 0 unspecified atom stereocenters. The number of amides is 1. The van der Waals surface area contributed by atoms with Gasteiger partial charge in [-0.2, -0.15) is 0 Å². The Morgan fingerprint density at radius 3 is 2.50 bits per heavy atom. The number of methoxy groups -OCH3 is 1. The van der Waals surface area contributed by atoms with Gasteiger partial charge in [-0.05, 0) is 38.1 Å². The van der Waals surface area contributed by atoms with Crippen molar-refractivity contribution in [1.82, 2.24) is 10.2 Å². The number of esters is 1. The minimum Gasteiger partial charge on any atom is -0.494 e. The normalized spacial score (nSPS) is 12.1. The van der Waals surface area contributed by atoms with E-state index in [1.54, 1.807) is 24.3 Å². The summed E-state index contributed by atoms with van der Waals surface area (Å²) in [6, 6.07) is 5.37. The summed E-state index contributed by atoms with van der Waals surface area (Å²) in [5, 5.41) is 10.5. The predicted octanol–water partition coefficient (Wildman–Crippen LogP) is 2.00. The molecule has 0 spiro atoms. The summed E-state index contributed by atoms with van der Waals surface area (Å²) in [5.41, 5.74) is 0.329. The van der Waals surface area contributed by atoms with Crippen molar-refractivity contribution in [2.45, 2.75) is 24.2 Å². The molecule has 0 saturated carbocycles. The molecular formula is C17H22N4O6S3. The zero-order valence-corrected chi connectivity index (χ0v) is 19.3. The highest BCUT2D eigenvalue weighted by Gasteiger charge is 2.29. The first-order valence-electron chi connectivity index (χ1n) is 8.72. The first kappa shape index (κ1) is 23.9. The lowest BCUT2D eigenvalue weighted by Crippen LogP contribution is -2.45. The van der Waals surface area contributed by atoms with E-state index in [4.69, 9.17) is 4.74 Å². The van der Waals surface area contributed by atoms with E-state index < -0.39 is 27.9 Å². The van der Waals surface area contributed by atoms with Gasteiger partial charge >= 0.3 is 5.97 Å². The van der Waals surface area contributed by atoms with Crippen LogP contribution in [0.2, 0.25) is 0 Å². The second-order valence-electron chi connectivity index (χ2n) is 5.89. The van der Waals surface area contributed by atoms with Crippen molar-refractivity contribution in [2.24, 2.45) is 0 Å². The summed E-state index contributed by atoms with van der Waals surface area (Å²) < 4.78 is 36.1. The molecule has 0 aliphatic rings. The van der Waals surface area contributed by atoms with Crippen LogP contribution in [0.1, 0.15) is 13.8 Å². The van der Waals surface area contributed by atoms with Crippen molar-refractivity contribution >= 4 is 55.8 Å². The second kappa shape index (κ2) is 10.6. The number of hydrogen-bond donors (Lipinski definition) is 1. The fourth-order valence-corrected chi connectivity index (χ4v) is 5.13. The van der Waals surface area contributed by atoms with Gasteiger partial charge in [0.05, 0.1) is 31.4 Å². The van der Waals surface area contributed by atoms with E-state index >= 15 is 0 Å². The Morgan fingerprint density at radius 2 is 1.93 bits per heavy atom. The molecule has 164 valence electrons. The molecule has 0 aliphatic carbocycles. The van der Waals surface area contributed by atoms with E-state index in [9.17, 15) is 18.0 Å². The largest absolute Gasteiger partial charge is 0.494 e. The Balaban J connectivity index is 2.12. The highest BCUT2D eigenvalue weighted by atomic mass is 32.2. The van der Waals surface area contributed by atoms with E-state index in [1.165, 1.54) is 14.0 Å². The number of aromatic nitrogens is 2. The van der Waals surface area contributed by atoms with Gasteiger partial charge in [0.25, 0.3) is 0 Å². The summed E-state index contributed by atoms with van der Waals surface area (Å²) in [7, 11) is -2.47. The van der Waals surface area contributed by atoms with Gasteiger partial charge in [-0.3, -0.25) is 19.2 Å². The molecule has 0 fully saturated rings. The lowest BCUT2D eigenvalue weighted by Gasteiger charge is -2.28. The lowest BCUT2D eigenvalue weighted by atomic mass is 10.2. The number of rotatable bonds is 10. The fourth-order valence-electron chi connectivity index (χ4n) is 2.37. The maximum absolute atomic E-state index is 12.7. The number of sulfonamides is 1. The van der Waals surface area contributed by atoms with Crippen LogP contribution in [0.5, 0.6) is 5.75 Å². The van der Waals surface area contributed by atoms with Crippen LogP contribution in [0.25, 0.3) is 0 Å². The average molecular weight is 475 g/mol. The van der Waals surface area contributed by atoms with Crippen LogP contribution in [0.3, 0.4) is 0 Å². The van der Waals surface area contributed by atoms with E-state index in [0.29, 0.717) is 22.4 Å². The number of ether oxygens (including phenoxy) is 2. The third-order valence-corrected chi connectivity index (χ3v) is 6.86. The Morgan fingerprint density at radius 1 is 1.27 bits per heavy atom. The molecule has 1 amide bonds. The summed E-state index contributed by atoms with van der Waals surface area (Å²) in [5.74, 6) is -0.323. The van der Waals surface area contributed by atoms with Crippen molar-refractivity contribution in [3.05, 3.63) is 24.3 Å².